The molecule has 0 aliphatic carbocycles. The number of unbranched alkanes of at least 4 members (excludes halogenated alkanes) is 11. The van der Waals surface area contributed by atoms with Crippen molar-refractivity contribution in [1.82, 2.24) is 0 Å². The highest BCUT2D eigenvalue weighted by Gasteiger charge is 2.14. The monoisotopic (exact) mass is 496 g/mol. The van der Waals surface area contributed by atoms with Crippen molar-refractivity contribution >= 4 is 19.6 Å². The van der Waals surface area contributed by atoms with Crippen LogP contribution in [-0.4, -0.2) is 40.1 Å². The molecule has 0 amide bonds. The number of hydrogen-bond donors (Lipinski definition) is 2. The summed E-state index contributed by atoms with van der Waals surface area (Å²) in [7, 11) is -4.35. The molecule has 0 aromatic heterocycles. The number of phosphoric acid groups is 1. The largest absolute Gasteiger partial charge is 0.469 e. The highest BCUT2D eigenvalue weighted by molar-refractivity contribution is 7.99. The SMILES string of the molecule is CCCCCCCCCCCCSC(CCCCC)CCC(C)OCCCOP(=O)(O)O. The first-order chi connectivity index (χ1) is 15.4. The molecule has 0 saturated heterocycles. The van der Waals surface area contributed by atoms with E-state index < -0.39 is 7.82 Å². The van der Waals surface area contributed by atoms with Crippen LogP contribution in [0, 0.1) is 0 Å². The molecule has 5 nitrogen and oxygen atoms in total. The molecular formula is C25H53O5PS. The van der Waals surface area contributed by atoms with E-state index in [1.165, 1.54) is 102 Å². The Kier molecular flexibility index (Phi) is 23.5. The average Bonchev–Trinajstić information content (AvgIpc) is 2.74. The Hall–Kier alpha value is 0.420. The van der Waals surface area contributed by atoms with E-state index in [9.17, 15) is 4.57 Å². The topological polar surface area (TPSA) is 76.0 Å². The Bertz CT molecular complexity index is 433. The maximum atomic E-state index is 10.7. The zero-order chi connectivity index (χ0) is 23.9. The molecule has 0 spiro atoms. The molecule has 0 heterocycles. The average molecular weight is 497 g/mol. The van der Waals surface area contributed by atoms with Gasteiger partial charge in [0.15, 0.2) is 0 Å². The molecule has 194 valence electrons. The summed E-state index contributed by atoms with van der Waals surface area (Å²) in [6.07, 6.45) is 22.1. The van der Waals surface area contributed by atoms with Crippen LogP contribution >= 0.6 is 19.6 Å². The lowest BCUT2D eigenvalue weighted by atomic mass is 10.1. The minimum absolute atomic E-state index is 0.0331. The Balaban J connectivity index is 3.83. The minimum atomic E-state index is -4.35. The van der Waals surface area contributed by atoms with Crippen molar-refractivity contribution in [2.45, 2.75) is 141 Å². The molecule has 7 heteroatoms. The van der Waals surface area contributed by atoms with Crippen molar-refractivity contribution in [3.63, 3.8) is 0 Å². The van der Waals surface area contributed by atoms with Gasteiger partial charge in [-0.2, -0.15) is 11.8 Å². The van der Waals surface area contributed by atoms with Gasteiger partial charge in [-0.3, -0.25) is 4.52 Å². The molecule has 0 aromatic rings. The highest BCUT2D eigenvalue weighted by Crippen LogP contribution is 2.35. The van der Waals surface area contributed by atoms with Crippen LogP contribution in [0.5, 0.6) is 0 Å². The fraction of sp³-hybridized carbons (Fsp3) is 1.00. The molecule has 0 saturated carbocycles. The number of thioether (sulfide) groups is 1. The van der Waals surface area contributed by atoms with Crippen LogP contribution in [0.1, 0.15) is 130 Å². The first-order valence-corrected chi connectivity index (χ1v) is 15.9. The zero-order valence-corrected chi connectivity index (χ0v) is 23.0. The van der Waals surface area contributed by atoms with E-state index in [4.69, 9.17) is 14.5 Å². The molecular weight excluding hydrogens is 443 g/mol. The third kappa shape index (κ3) is 25.1. The Morgan fingerprint density at radius 1 is 0.719 bits per heavy atom. The predicted octanol–water partition coefficient (Wildman–Crippen LogP) is 8.27. The second-order valence-corrected chi connectivity index (χ2v) is 11.8. The molecule has 2 atom stereocenters. The van der Waals surface area contributed by atoms with Crippen LogP contribution < -0.4 is 0 Å². The van der Waals surface area contributed by atoms with Gasteiger partial charge in [0.05, 0.1) is 12.7 Å². The van der Waals surface area contributed by atoms with Crippen LogP contribution in [0.25, 0.3) is 0 Å². The highest BCUT2D eigenvalue weighted by atomic mass is 32.2. The molecule has 0 aliphatic heterocycles. The number of phosphoric ester groups is 1. The van der Waals surface area contributed by atoms with Crippen LogP contribution in [0.15, 0.2) is 0 Å². The molecule has 0 aromatic carbocycles. The van der Waals surface area contributed by atoms with Crippen LogP contribution in [-0.2, 0) is 13.8 Å². The fourth-order valence-corrected chi connectivity index (χ4v) is 5.51. The maximum Gasteiger partial charge on any atom is 0.469 e. The Morgan fingerprint density at radius 3 is 1.88 bits per heavy atom. The summed E-state index contributed by atoms with van der Waals surface area (Å²) in [4.78, 5) is 17.4. The molecule has 0 radical (unpaired) electrons. The summed E-state index contributed by atoms with van der Waals surface area (Å²) in [6, 6.07) is 0. The van der Waals surface area contributed by atoms with Crippen LogP contribution in [0.2, 0.25) is 0 Å². The van der Waals surface area contributed by atoms with Crippen LogP contribution in [0.4, 0.5) is 0 Å². The summed E-state index contributed by atoms with van der Waals surface area (Å²) in [5, 5.41) is 0.726. The number of ether oxygens (including phenoxy) is 1. The van der Waals surface area contributed by atoms with E-state index in [0.717, 1.165) is 11.7 Å². The molecule has 2 N–H and O–H groups in total. The van der Waals surface area contributed by atoms with Crippen molar-refractivity contribution in [3.8, 4) is 0 Å². The lowest BCUT2D eigenvalue weighted by molar-refractivity contribution is 0.0487. The molecule has 0 bridgehead atoms. The van der Waals surface area contributed by atoms with Crippen molar-refractivity contribution in [3.05, 3.63) is 0 Å². The summed E-state index contributed by atoms with van der Waals surface area (Å²) >= 11 is 2.16. The number of hydrogen-bond acceptors (Lipinski definition) is 4. The summed E-state index contributed by atoms with van der Waals surface area (Å²) in [5.74, 6) is 1.28. The van der Waals surface area contributed by atoms with E-state index in [1.807, 2.05) is 0 Å². The van der Waals surface area contributed by atoms with Gasteiger partial charge in [-0.05, 0) is 44.8 Å². The second kappa shape index (κ2) is 23.2. The molecule has 0 rings (SSSR count). The van der Waals surface area contributed by atoms with Gasteiger partial charge in [-0.15, -0.1) is 0 Å². The maximum absolute atomic E-state index is 10.7. The molecule has 0 aliphatic rings. The van der Waals surface area contributed by atoms with Crippen molar-refractivity contribution < 1.29 is 23.6 Å². The Morgan fingerprint density at radius 2 is 1.28 bits per heavy atom. The standard InChI is InChI=1S/C25H53O5PS/c1-4-6-8-9-10-11-12-13-14-16-23-32-25(18-15-7-5-2)20-19-24(3)29-21-17-22-30-31(26,27)28/h24-25H,4-23H2,1-3H3,(H2,26,27,28). The third-order valence-electron chi connectivity index (χ3n) is 5.83. The van der Waals surface area contributed by atoms with E-state index >= 15 is 0 Å². The molecule has 0 fully saturated rings. The quantitative estimate of drug-likeness (QED) is 0.0978. The normalized spacial score (nSPS) is 14.0. The molecule has 32 heavy (non-hydrogen) atoms. The second-order valence-electron chi connectivity index (χ2n) is 9.11. The van der Waals surface area contributed by atoms with Crippen LogP contribution in [0.3, 0.4) is 0 Å². The lowest BCUT2D eigenvalue weighted by Gasteiger charge is -2.19. The smallest absolute Gasteiger partial charge is 0.378 e. The lowest BCUT2D eigenvalue weighted by Crippen LogP contribution is -2.14. The van der Waals surface area contributed by atoms with E-state index in [1.54, 1.807) is 0 Å². The molecule has 2 unspecified atom stereocenters. The van der Waals surface area contributed by atoms with Gasteiger partial charge in [0, 0.05) is 11.9 Å². The first kappa shape index (κ1) is 32.4. The first-order valence-electron chi connectivity index (χ1n) is 13.3. The van der Waals surface area contributed by atoms with Gasteiger partial charge < -0.3 is 14.5 Å². The zero-order valence-electron chi connectivity index (χ0n) is 21.3. The summed E-state index contributed by atoms with van der Waals surface area (Å²) < 4.78 is 20.9. The Labute approximate surface area is 203 Å². The summed E-state index contributed by atoms with van der Waals surface area (Å²) in [6.45, 7) is 7.15. The van der Waals surface area contributed by atoms with Gasteiger partial charge >= 0.3 is 7.82 Å². The van der Waals surface area contributed by atoms with Gasteiger partial charge in [0.1, 0.15) is 0 Å². The van der Waals surface area contributed by atoms with Gasteiger partial charge in [-0.1, -0.05) is 90.9 Å². The van der Waals surface area contributed by atoms with E-state index in [0.29, 0.717) is 13.0 Å². The minimum Gasteiger partial charge on any atom is -0.378 e. The van der Waals surface area contributed by atoms with Crippen molar-refractivity contribution in [2.24, 2.45) is 0 Å². The van der Waals surface area contributed by atoms with Crippen molar-refractivity contribution in [1.29, 1.82) is 0 Å². The van der Waals surface area contributed by atoms with Gasteiger partial charge in [0.2, 0.25) is 0 Å². The predicted molar refractivity (Wildman–Crippen MR) is 139 cm³/mol. The number of rotatable bonds is 25. The van der Waals surface area contributed by atoms with E-state index in [-0.39, 0.29) is 12.7 Å². The fourth-order valence-electron chi connectivity index (χ4n) is 3.80. The van der Waals surface area contributed by atoms with Gasteiger partial charge in [0.25, 0.3) is 0 Å². The third-order valence-corrected chi connectivity index (χ3v) is 7.81. The summed E-state index contributed by atoms with van der Waals surface area (Å²) in [5.41, 5.74) is 0. The van der Waals surface area contributed by atoms with Crippen molar-refractivity contribution in [2.75, 3.05) is 19.0 Å². The van der Waals surface area contributed by atoms with Gasteiger partial charge in [-0.25, -0.2) is 4.57 Å². The van der Waals surface area contributed by atoms with E-state index in [2.05, 4.69) is 37.1 Å².